The molecule has 0 amide bonds. The van der Waals surface area contributed by atoms with Gasteiger partial charge in [0.25, 0.3) is 0 Å². The Hall–Kier alpha value is -0.340. The van der Waals surface area contributed by atoms with Gasteiger partial charge in [-0.1, -0.05) is 59.6 Å². The summed E-state index contributed by atoms with van der Waals surface area (Å²) in [5, 5.41) is 21.3. The molecule has 2 nitrogen and oxygen atoms in total. The zero-order valence-corrected chi connectivity index (χ0v) is 21.2. The molecule has 0 aromatic carbocycles. The predicted molar refractivity (Wildman–Crippen MR) is 130 cm³/mol. The Morgan fingerprint density at radius 3 is 2.45 bits per heavy atom. The molecule has 0 aliphatic heterocycles. The minimum absolute atomic E-state index is 0.106. The number of hydrogen-bond donors (Lipinski definition) is 2. The summed E-state index contributed by atoms with van der Waals surface area (Å²) in [6.45, 7) is 14.4. The number of allylic oxidation sites excluding steroid dienone is 1. The van der Waals surface area contributed by atoms with Gasteiger partial charge >= 0.3 is 0 Å². The molecule has 0 heterocycles. The first-order chi connectivity index (χ1) is 14.6. The third kappa shape index (κ3) is 3.96. The van der Waals surface area contributed by atoms with Gasteiger partial charge in [-0.15, -0.1) is 0 Å². The summed E-state index contributed by atoms with van der Waals surface area (Å²) in [5.41, 5.74) is 2.38. The molecule has 0 spiro atoms. The summed E-state index contributed by atoms with van der Waals surface area (Å²) in [6.07, 6.45) is 14.2. The topological polar surface area (TPSA) is 40.5 Å². The first-order valence-electron chi connectivity index (χ1n) is 13.7. The molecule has 4 rings (SSSR count). The van der Waals surface area contributed by atoms with Crippen molar-refractivity contribution in [3.05, 3.63) is 11.6 Å². The molecule has 4 aliphatic carbocycles. The maximum Gasteiger partial charge on any atom is 0.0577 e. The molecule has 3 saturated carbocycles. The lowest BCUT2D eigenvalue weighted by Crippen LogP contribution is -2.51. The van der Waals surface area contributed by atoms with Gasteiger partial charge in [-0.2, -0.15) is 0 Å². The molecule has 0 bridgehead atoms. The van der Waals surface area contributed by atoms with Crippen molar-refractivity contribution in [3.8, 4) is 0 Å². The highest BCUT2D eigenvalue weighted by atomic mass is 16.3. The van der Waals surface area contributed by atoms with Crippen molar-refractivity contribution in [2.45, 2.75) is 118 Å². The molecule has 4 aliphatic rings. The van der Waals surface area contributed by atoms with Gasteiger partial charge in [-0.25, -0.2) is 0 Å². The van der Waals surface area contributed by atoms with Gasteiger partial charge in [0.15, 0.2) is 0 Å². The Morgan fingerprint density at radius 2 is 1.77 bits per heavy atom. The van der Waals surface area contributed by atoms with E-state index in [0.717, 1.165) is 49.4 Å². The first kappa shape index (κ1) is 23.8. The van der Waals surface area contributed by atoms with E-state index in [4.69, 9.17) is 0 Å². The van der Waals surface area contributed by atoms with Crippen molar-refractivity contribution in [1.29, 1.82) is 0 Å². The lowest BCUT2D eigenvalue weighted by atomic mass is 9.47. The normalized spacial score (nSPS) is 45.3. The lowest BCUT2D eigenvalue weighted by Gasteiger charge is -2.58. The van der Waals surface area contributed by atoms with Crippen molar-refractivity contribution in [1.82, 2.24) is 0 Å². The number of fused-ring (bicyclic) bond motifs is 5. The van der Waals surface area contributed by atoms with Crippen LogP contribution in [-0.4, -0.2) is 22.4 Å². The molecule has 0 saturated heterocycles. The smallest absolute Gasteiger partial charge is 0.0577 e. The van der Waals surface area contributed by atoms with E-state index in [-0.39, 0.29) is 12.2 Å². The Morgan fingerprint density at radius 1 is 1.03 bits per heavy atom. The summed E-state index contributed by atoms with van der Waals surface area (Å²) < 4.78 is 0. The van der Waals surface area contributed by atoms with Crippen LogP contribution in [0.25, 0.3) is 0 Å². The maximum absolute atomic E-state index is 11.0. The van der Waals surface area contributed by atoms with Crippen LogP contribution in [-0.2, 0) is 0 Å². The minimum atomic E-state index is -0.147. The average molecular weight is 431 g/mol. The van der Waals surface area contributed by atoms with E-state index < -0.39 is 0 Å². The average Bonchev–Trinajstić information content (AvgIpc) is 3.06. The Kier molecular flexibility index (Phi) is 6.75. The SMILES string of the molecule is CC[C@@H](C(C)C)[C@@H](O)C[C@@H](C)C1CCC2C3CC=C4C[C@@H](O)CC[C@]4(C)C3CC[C@@]21C. The molecule has 0 aromatic rings. The van der Waals surface area contributed by atoms with E-state index in [2.05, 4.69) is 47.6 Å². The van der Waals surface area contributed by atoms with E-state index >= 15 is 0 Å². The van der Waals surface area contributed by atoms with Crippen LogP contribution >= 0.6 is 0 Å². The van der Waals surface area contributed by atoms with Crippen molar-refractivity contribution in [2.75, 3.05) is 0 Å². The lowest BCUT2D eigenvalue weighted by molar-refractivity contribution is -0.0613. The Labute approximate surface area is 192 Å². The van der Waals surface area contributed by atoms with E-state index in [0.29, 0.717) is 28.6 Å². The molecule has 4 unspecified atom stereocenters. The van der Waals surface area contributed by atoms with Crippen LogP contribution in [0.1, 0.15) is 106 Å². The molecule has 2 heteroatoms. The van der Waals surface area contributed by atoms with E-state index in [1.807, 2.05) is 0 Å². The van der Waals surface area contributed by atoms with Crippen LogP contribution in [0.5, 0.6) is 0 Å². The molecular weight excluding hydrogens is 380 g/mol. The van der Waals surface area contributed by atoms with Gasteiger partial charge in [0.05, 0.1) is 12.2 Å². The second-order valence-electron chi connectivity index (χ2n) is 13.0. The van der Waals surface area contributed by atoms with Crippen LogP contribution in [0.4, 0.5) is 0 Å². The van der Waals surface area contributed by atoms with Gasteiger partial charge in [0.2, 0.25) is 0 Å². The number of rotatable bonds is 6. The molecule has 0 radical (unpaired) electrons. The highest BCUT2D eigenvalue weighted by Crippen LogP contribution is 2.67. The second kappa shape index (κ2) is 8.79. The quantitative estimate of drug-likeness (QED) is 0.446. The third-order valence-corrected chi connectivity index (χ3v) is 11.3. The zero-order valence-electron chi connectivity index (χ0n) is 21.2. The van der Waals surface area contributed by atoms with E-state index in [1.165, 1.54) is 38.5 Å². The third-order valence-electron chi connectivity index (χ3n) is 11.3. The van der Waals surface area contributed by atoms with Crippen LogP contribution < -0.4 is 0 Å². The predicted octanol–water partition coefficient (Wildman–Crippen LogP) is 7.00. The molecule has 178 valence electrons. The van der Waals surface area contributed by atoms with Crippen LogP contribution in [0.2, 0.25) is 0 Å². The van der Waals surface area contributed by atoms with Crippen LogP contribution in [0.3, 0.4) is 0 Å². The van der Waals surface area contributed by atoms with Crippen LogP contribution in [0, 0.1) is 52.3 Å². The molecule has 0 aromatic heterocycles. The summed E-state index contributed by atoms with van der Waals surface area (Å²) in [4.78, 5) is 0. The van der Waals surface area contributed by atoms with E-state index in [1.54, 1.807) is 5.57 Å². The largest absolute Gasteiger partial charge is 0.393 e. The molecule has 31 heavy (non-hydrogen) atoms. The number of hydrogen-bond acceptors (Lipinski definition) is 2. The van der Waals surface area contributed by atoms with Gasteiger partial charge < -0.3 is 10.2 Å². The zero-order chi connectivity index (χ0) is 22.6. The van der Waals surface area contributed by atoms with E-state index in [9.17, 15) is 10.2 Å². The van der Waals surface area contributed by atoms with Crippen molar-refractivity contribution in [3.63, 3.8) is 0 Å². The minimum Gasteiger partial charge on any atom is -0.393 e. The molecule has 3 fully saturated rings. The fraction of sp³-hybridized carbons (Fsp3) is 0.931. The Bertz CT molecular complexity index is 668. The second-order valence-corrected chi connectivity index (χ2v) is 13.0. The van der Waals surface area contributed by atoms with Gasteiger partial charge in [-0.05, 0) is 110 Å². The Balaban J connectivity index is 1.49. The van der Waals surface area contributed by atoms with Crippen molar-refractivity contribution < 1.29 is 10.2 Å². The fourth-order valence-corrected chi connectivity index (χ4v) is 9.52. The number of aliphatic hydroxyl groups is 2. The van der Waals surface area contributed by atoms with Gasteiger partial charge in [0.1, 0.15) is 0 Å². The summed E-state index contributed by atoms with van der Waals surface area (Å²) in [6, 6.07) is 0. The summed E-state index contributed by atoms with van der Waals surface area (Å²) >= 11 is 0. The molecule has 2 N–H and O–H groups in total. The van der Waals surface area contributed by atoms with Gasteiger partial charge in [0, 0.05) is 0 Å². The summed E-state index contributed by atoms with van der Waals surface area (Å²) in [7, 11) is 0. The van der Waals surface area contributed by atoms with Crippen molar-refractivity contribution in [2.24, 2.45) is 52.3 Å². The standard InChI is InChI=1S/C29H50O2/c1-7-22(18(2)3)27(31)16-19(4)24-10-11-25-23-9-8-20-17-21(30)12-14-28(20,5)26(23)13-15-29(24,25)6/h8,18-19,21-27,30-31H,7,9-17H2,1-6H3/t19-,21+,22+,23?,24?,25?,26?,27+,28+,29-/m1/s1. The molecular formula is C29H50O2. The fourth-order valence-electron chi connectivity index (χ4n) is 9.52. The monoisotopic (exact) mass is 430 g/mol. The highest BCUT2D eigenvalue weighted by molar-refractivity contribution is 5.25. The maximum atomic E-state index is 11.0. The molecule has 10 atom stereocenters. The highest BCUT2D eigenvalue weighted by Gasteiger charge is 2.59. The van der Waals surface area contributed by atoms with Crippen LogP contribution in [0.15, 0.2) is 11.6 Å². The number of aliphatic hydroxyl groups excluding tert-OH is 2. The summed E-state index contributed by atoms with van der Waals surface area (Å²) in [5.74, 6) is 4.89. The first-order valence-corrected chi connectivity index (χ1v) is 13.7. The van der Waals surface area contributed by atoms with Crippen molar-refractivity contribution >= 4 is 0 Å². The van der Waals surface area contributed by atoms with Gasteiger partial charge in [-0.3, -0.25) is 0 Å².